The largest absolute Gasteiger partial charge is 0.379 e. The Balaban J connectivity index is 1.97. The zero-order valence-corrected chi connectivity index (χ0v) is 12.7. The summed E-state index contributed by atoms with van der Waals surface area (Å²) in [6.07, 6.45) is 5.40. The molecule has 0 fully saturated rings. The minimum absolute atomic E-state index is 0.339. The van der Waals surface area contributed by atoms with Crippen LogP contribution in [0.4, 0.5) is 0 Å². The van der Waals surface area contributed by atoms with E-state index in [0.29, 0.717) is 6.10 Å². The molecule has 0 unspecified atom stereocenters. The summed E-state index contributed by atoms with van der Waals surface area (Å²) in [5.74, 6) is 0. The lowest BCUT2D eigenvalue weighted by atomic mass is 10.3. The topological polar surface area (TPSA) is 42.3 Å². The van der Waals surface area contributed by atoms with Gasteiger partial charge in [-0.3, -0.25) is 4.68 Å². The Labute approximate surface area is 116 Å². The Morgan fingerprint density at radius 2 is 2.21 bits per heavy atom. The van der Waals surface area contributed by atoms with Gasteiger partial charge in [-0.2, -0.15) is 5.10 Å². The number of ether oxygens (including phenoxy) is 1. The molecule has 0 atom stereocenters. The molecule has 0 saturated heterocycles. The normalized spacial score (nSPS) is 11.7. The van der Waals surface area contributed by atoms with Gasteiger partial charge in [0.05, 0.1) is 12.3 Å². The predicted octanol–water partition coefficient (Wildman–Crippen LogP) is 1.26. The van der Waals surface area contributed by atoms with Crippen molar-refractivity contribution in [3.63, 3.8) is 0 Å². The maximum atomic E-state index is 5.49. The van der Waals surface area contributed by atoms with Gasteiger partial charge in [-0.15, -0.1) is 0 Å². The van der Waals surface area contributed by atoms with Crippen LogP contribution in [0.2, 0.25) is 0 Å². The molecule has 0 bridgehead atoms. The predicted molar refractivity (Wildman–Crippen MR) is 78.1 cm³/mol. The number of likely N-dealkylation sites (N-methyl/N-ethyl adjacent to an activating group) is 1. The van der Waals surface area contributed by atoms with E-state index in [2.05, 4.69) is 42.4 Å². The van der Waals surface area contributed by atoms with Crippen molar-refractivity contribution in [3.05, 3.63) is 18.0 Å². The third-order valence-corrected chi connectivity index (χ3v) is 2.83. The molecule has 0 aliphatic rings. The highest BCUT2D eigenvalue weighted by atomic mass is 16.5. The van der Waals surface area contributed by atoms with Crippen LogP contribution < -0.4 is 5.32 Å². The summed E-state index contributed by atoms with van der Waals surface area (Å²) in [5.41, 5.74) is 1.26. The summed E-state index contributed by atoms with van der Waals surface area (Å²) >= 11 is 0. The van der Waals surface area contributed by atoms with Crippen molar-refractivity contribution in [2.75, 3.05) is 33.3 Å². The SMILES string of the molecule is CC(C)OCCCNCCN(C)Cc1cnn(C)c1. The average Bonchev–Trinajstić information content (AvgIpc) is 2.73. The van der Waals surface area contributed by atoms with Crippen LogP contribution in [0.15, 0.2) is 12.4 Å². The second-order valence-corrected chi connectivity index (χ2v) is 5.28. The fourth-order valence-corrected chi connectivity index (χ4v) is 1.86. The number of nitrogens with zero attached hydrogens (tertiary/aromatic N) is 3. The first-order valence-corrected chi connectivity index (χ1v) is 7.06. The first kappa shape index (κ1) is 16.1. The van der Waals surface area contributed by atoms with Crippen molar-refractivity contribution < 1.29 is 4.74 Å². The molecule has 5 heteroatoms. The summed E-state index contributed by atoms with van der Waals surface area (Å²) in [4.78, 5) is 2.30. The van der Waals surface area contributed by atoms with Gasteiger partial charge in [-0.05, 0) is 33.9 Å². The summed E-state index contributed by atoms with van der Waals surface area (Å²) in [6, 6.07) is 0. The molecule has 5 nitrogen and oxygen atoms in total. The molecule has 1 aromatic heterocycles. The standard InChI is InChI=1S/C14H28N4O/c1-13(2)19-9-5-6-15-7-8-17(3)11-14-10-16-18(4)12-14/h10,12-13,15H,5-9,11H2,1-4H3. The molecule has 1 heterocycles. The van der Waals surface area contributed by atoms with E-state index >= 15 is 0 Å². The van der Waals surface area contributed by atoms with Crippen LogP contribution in [-0.2, 0) is 18.3 Å². The Morgan fingerprint density at radius 3 is 2.84 bits per heavy atom. The minimum Gasteiger partial charge on any atom is -0.379 e. The molecule has 0 radical (unpaired) electrons. The summed E-state index contributed by atoms with van der Waals surface area (Å²) < 4.78 is 7.33. The van der Waals surface area contributed by atoms with Crippen LogP contribution in [0.25, 0.3) is 0 Å². The van der Waals surface area contributed by atoms with Crippen molar-refractivity contribution in [1.29, 1.82) is 0 Å². The van der Waals surface area contributed by atoms with Crippen molar-refractivity contribution in [3.8, 4) is 0 Å². The van der Waals surface area contributed by atoms with Crippen LogP contribution in [0.1, 0.15) is 25.8 Å². The number of aromatic nitrogens is 2. The lowest BCUT2D eigenvalue weighted by molar-refractivity contribution is 0.0770. The van der Waals surface area contributed by atoms with E-state index in [0.717, 1.165) is 39.2 Å². The molecule has 0 aromatic carbocycles. The molecule has 0 aliphatic heterocycles. The quantitative estimate of drug-likeness (QED) is 0.649. The molecule has 110 valence electrons. The highest BCUT2D eigenvalue weighted by Gasteiger charge is 2.01. The molecule has 1 rings (SSSR count). The van der Waals surface area contributed by atoms with Gasteiger partial charge in [0, 0.05) is 45.0 Å². The van der Waals surface area contributed by atoms with Crippen molar-refractivity contribution >= 4 is 0 Å². The number of nitrogens with one attached hydrogen (secondary N) is 1. The molecule has 0 spiro atoms. The van der Waals surface area contributed by atoms with Crippen molar-refractivity contribution in [2.45, 2.75) is 32.9 Å². The summed E-state index contributed by atoms with van der Waals surface area (Å²) in [6.45, 7) is 9.01. The third-order valence-electron chi connectivity index (χ3n) is 2.83. The van der Waals surface area contributed by atoms with E-state index in [-0.39, 0.29) is 0 Å². The molecule has 0 aliphatic carbocycles. The number of aryl methyl sites for hydroxylation is 1. The molecule has 0 saturated carbocycles. The highest BCUT2D eigenvalue weighted by molar-refractivity contribution is 5.02. The van der Waals surface area contributed by atoms with Gasteiger partial charge in [-0.25, -0.2) is 0 Å². The monoisotopic (exact) mass is 268 g/mol. The second kappa shape index (κ2) is 9.07. The van der Waals surface area contributed by atoms with E-state index in [1.807, 2.05) is 17.9 Å². The molecular formula is C14H28N4O. The summed E-state index contributed by atoms with van der Waals surface area (Å²) in [5, 5.41) is 7.61. The fourth-order valence-electron chi connectivity index (χ4n) is 1.86. The number of hydrogen-bond acceptors (Lipinski definition) is 4. The van der Waals surface area contributed by atoms with Crippen LogP contribution >= 0.6 is 0 Å². The smallest absolute Gasteiger partial charge is 0.0534 e. The zero-order chi connectivity index (χ0) is 14.1. The van der Waals surface area contributed by atoms with E-state index in [1.165, 1.54) is 5.56 Å². The van der Waals surface area contributed by atoms with Crippen molar-refractivity contribution in [1.82, 2.24) is 20.0 Å². The van der Waals surface area contributed by atoms with E-state index in [4.69, 9.17) is 4.74 Å². The van der Waals surface area contributed by atoms with E-state index in [1.54, 1.807) is 0 Å². The molecule has 1 N–H and O–H groups in total. The van der Waals surface area contributed by atoms with Gasteiger partial charge in [0.1, 0.15) is 0 Å². The lowest BCUT2D eigenvalue weighted by Crippen LogP contribution is -2.29. The highest BCUT2D eigenvalue weighted by Crippen LogP contribution is 2.00. The van der Waals surface area contributed by atoms with Crippen LogP contribution in [0, 0.1) is 0 Å². The Bertz CT molecular complexity index is 338. The second-order valence-electron chi connectivity index (χ2n) is 5.28. The minimum atomic E-state index is 0.339. The summed E-state index contributed by atoms with van der Waals surface area (Å²) in [7, 11) is 4.08. The third kappa shape index (κ3) is 7.97. The zero-order valence-electron chi connectivity index (χ0n) is 12.7. The van der Waals surface area contributed by atoms with Crippen LogP contribution in [0.3, 0.4) is 0 Å². The lowest BCUT2D eigenvalue weighted by Gasteiger charge is -2.16. The molecule has 1 aromatic rings. The maximum absolute atomic E-state index is 5.49. The molecule has 0 amide bonds. The Kier molecular flexibility index (Phi) is 7.70. The molecular weight excluding hydrogens is 240 g/mol. The van der Waals surface area contributed by atoms with Crippen molar-refractivity contribution in [2.24, 2.45) is 7.05 Å². The van der Waals surface area contributed by atoms with Gasteiger partial charge >= 0.3 is 0 Å². The van der Waals surface area contributed by atoms with E-state index in [9.17, 15) is 0 Å². The van der Waals surface area contributed by atoms with Gasteiger partial charge in [-0.1, -0.05) is 0 Å². The Hall–Kier alpha value is -0.910. The average molecular weight is 268 g/mol. The maximum Gasteiger partial charge on any atom is 0.0534 e. The van der Waals surface area contributed by atoms with E-state index < -0.39 is 0 Å². The molecule has 19 heavy (non-hydrogen) atoms. The number of rotatable bonds is 10. The number of hydrogen-bond donors (Lipinski definition) is 1. The van der Waals surface area contributed by atoms with Gasteiger partial charge < -0.3 is 15.0 Å². The van der Waals surface area contributed by atoms with Gasteiger partial charge in [0.15, 0.2) is 0 Å². The Morgan fingerprint density at radius 1 is 1.42 bits per heavy atom. The first-order valence-electron chi connectivity index (χ1n) is 7.06. The van der Waals surface area contributed by atoms with Gasteiger partial charge in [0.2, 0.25) is 0 Å². The van der Waals surface area contributed by atoms with Gasteiger partial charge in [0.25, 0.3) is 0 Å². The fraction of sp³-hybridized carbons (Fsp3) is 0.786. The first-order chi connectivity index (χ1) is 9.08. The van der Waals surface area contributed by atoms with Crippen LogP contribution in [0.5, 0.6) is 0 Å². The van der Waals surface area contributed by atoms with Crippen LogP contribution in [-0.4, -0.2) is 54.1 Å².